The third-order valence-electron chi connectivity index (χ3n) is 6.80. The van der Waals surface area contributed by atoms with Crippen LogP contribution in [0.2, 0.25) is 0 Å². The molecule has 2 aliphatic rings. The molecule has 2 nitrogen and oxygen atoms in total. The van der Waals surface area contributed by atoms with Crippen LogP contribution in [0.4, 0.5) is 0 Å². The summed E-state index contributed by atoms with van der Waals surface area (Å²) < 4.78 is 0. The summed E-state index contributed by atoms with van der Waals surface area (Å²) >= 11 is 0. The van der Waals surface area contributed by atoms with Gasteiger partial charge < -0.3 is 5.11 Å². The second-order valence-electron chi connectivity index (χ2n) is 13.9. The average Bonchev–Trinajstić information content (AvgIpc) is 2.53. The molecule has 0 radical (unpaired) electrons. The second-order valence-corrected chi connectivity index (χ2v) is 13.9. The van der Waals surface area contributed by atoms with Gasteiger partial charge in [-0.15, -0.1) is 0 Å². The van der Waals surface area contributed by atoms with Crippen molar-refractivity contribution in [1.29, 1.82) is 0 Å². The maximum atomic E-state index is 13.3. The maximum absolute atomic E-state index is 13.3. The highest BCUT2D eigenvalue weighted by molar-refractivity contribution is 6.00. The normalized spacial score (nSPS) is 25.7. The zero-order chi connectivity index (χ0) is 24.2. The molecule has 2 aliphatic carbocycles. The fraction of sp³-hybridized carbons (Fsp3) is 0.690. The molecule has 31 heavy (non-hydrogen) atoms. The third kappa shape index (κ3) is 5.82. The first-order chi connectivity index (χ1) is 13.7. The number of hydrogen-bond acceptors (Lipinski definition) is 2. The van der Waals surface area contributed by atoms with Crippen LogP contribution in [0.15, 0.2) is 46.3 Å². The number of aliphatic hydroxyl groups excluding tert-OH is 1. The topological polar surface area (TPSA) is 37.3 Å². The summed E-state index contributed by atoms with van der Waals surface area (Å²) in [5, 5.41) is 11.1. The molecule has 1 N–H and O–H groups in total. The standard InChI is InChI=1S/C29H46O2/c1-26(2,3)20-14-18(15-21(24(20)30)27(4,5)6)13-19-16-22(28(7,8)9)25(31)23(17-19)29(10,11)12/h13-14,16,21,23,30H,15,17H2,1-12H3/b19-13-. The Morgan fingerprint density at radius 3 is 1.71 bits per heavy atom. The van der Waals surface area contributed by atoms with Crippen molar-refractivity contribution < 1.29 is 9.90 Å². The average molecular weight is 427 g/mol. The molecule has 0 saturated carbocycles. The maximum Gasteiger partial charge on any atom is 0.163 e. The van der Waals surface area contributed by atoms with Gasteiger partial charge in [0.25, 0.3) is 0 Å². The Kier molecular flexibility index (Phi) is 6.70. The molecule has 0 fully saturated rings. The predicted molar refractivity (Wildman–Crippen MR) is 133 cm³/mol. The predicted octanol–water partition coefficient (Wildman–Crippen LogP) is 8.37. The van der Waals surface area contributed by atoms with Gasteiger partial charge in [-0.25, -0.2) is 0 Å². The molecule has 2 unspecified atom stereocenters. The lowest BCUT2D eigenvalue weighted by molar-refractivity contribution is -0.123. The van der Waals surface area contributed by atoms with E-state index in [0.717, 1.165) is 24.0 Å². The van der Waals surface area contributed by atoms with Gasteiger partial charge in [0.05, 0.1) is 5.76 Å². The van der Waals surface area contributed by atoms with Crippen molar-refractivity contribution in [2.24, 2.45) is 33.5 Å². The summed E-state index contributed by atoms with van der Waals surface area (Å²) in [7, 11) is 0. The van der Waals surface area contributed by atoms with E-state index < -0.39 is 0 Å². The van der Waals surface area contributed by atoms with Gasteiger partial charge in [-0.3, -0.25) is 4.79 Å². The van der Waals surface area contributed by atoms with E-state index in [1.165, 1.54) is 11.1 Å². The first-order valence-electron chi connectivity index (χ1n) is 11.8. The van der Waals surface area contributed by atoms with Gasteiger partial charge in [0.15, 0.2) is 5.78 Å². The number of aliphatic hydroxyl groups is 1. The van der Waals surface area contributed by atoms with E-state index >= 15 is 0 Å². The number of carbonyl (C=O) groups is 1. The summed E-state index contributed by atoms with van der Waals surface area (Å²) in [6, 6.07) is 0. The highest BCUT2D eigenvalue weighted by atomic mass is 16.3. The Hall–Kier alpha value is -1.57. The van der Waals surface area contributed by atoms with Crippen molar-refractivity contribution in [3.05, 3.63) is 46.3 Å². The minimum Gasteiger partial charge on any atom is -0.512 e. The van der Waals surface area contributed by atoms with Gasteiger partial charge in [-0.05, 0) is 51.2 Å². The summed E-state index contributed by atoms with van der Waals surface area (Å²) in [5.74, 6) is 0.926. The molecule has 0 bridgehead atoms. The summed E-state index contributed by atoms with van der Waals surface area (Å²) in [5.41, 5.74) is 4.05. The SMILES string of the molecule is CC(C)(C)C1=C/C(=C/C2=CC(C(C)(C)C)=C(O)C(C(C)(C)C)C2)CC(C(C)(C)C)C1=O. The fourth-order valence-corrected chi connectivity index (χ4v) is 4.71. The fourth-order valence-electron chi connectivity index (χ4n) is 4.71. The minimum atomic E-state index is -0.177. The molecule has 2 heteroatoms. The first kappa shape index (κ1) is 25.7. The van der Waals surface area contributed by atoms with Crippen LogP contribution in [-0.4, -0.2) is 10.9 Å². The Labute approximate surface area is 191 Å². The van der Waals surface area contributed by atoms with Crippen molar-refractivity contribution >= 4 is 5.78 Å². The number of allylic oxidation sites excluding steroid dienone is 8. The van der Waals surface area contributed by atoms with E-state index in [1.807, 2.05) is 0 Å². The number of carbonyl (C=O) groups excluding carboxylic acids is 1. The molecule has 0 saturated heterocycles. The molecule has 0 aromatic carbocycles. The molecule has 2 rings (SSSR count). The second kappa shape index (κ2) is 8.09. The Bertz CT molecular complexity index is 846. The minimum absolute atomic E-state index is 0.00777. The van der Waals surface area contributed by atoms with Gasteiger partial charge in [-0.2, -0.15) is 0 Å². The molecule has 0 spiro atoms. The molecule has 0 aliphatic heterocycles. The summed E-state index contributed by atoms with van der Waals surface area (Å²) in [4.78, 5) is 13.3. The van der Waals surface area contributed by atoms with Crippen LogP contribution < -0.4 is 0 Å². The number of Topliss-reactive ketones (excluding diaryl/α,β-unsaturated/α-hetero) is 1. The molecule has 2 atom stereocenters. The first-order valence-corrected chi connectivity index (χ1v) is 11.8. The molecular weight excluding hydrogens is 380 g/mol. The van der Waals surface area contributed by atoms with E-state index in [0.29, 0.717) is 11.5 Å². The molecule has 0 amide bonds. The van der Waals surface area contributed by atoms with Crippen LogP contribution in [0, 0.1) is 33.5 Å². The monoisotopic (exact) mass is 426 g/mol. The lowest BCUT2D eigenvalue weighted by Crippen LogP contribution is -2.36. The molecule has 0 aromatic heterocycles. The summed E-state index contributed by atoms with van der Waals surface area (Å²) in [6.45, 7) is 26.0. The zero-order valence-corrected chi connectivity index (χ0v) is 22.2. The van der Waals surface area contributed by atoms with Crippen molar-refractivity contribution in [2.75, 3.05) is 0 Å². The van der Waals surface area contributed by atoms with Crippen molar-refractivity contribution in [3.8, 4) is 0 Å². The van der Waals surface area contributed by atoms with Crippen molar-refractivity contribution in [2.45, 2.75) is 95.9 Å². The van der Waals surface area contributed by atoms with Gasteiger partial charge in [0.1, 0.15) is 0 Å². The Morgan fingerprint density at radius 1 is 0.774 bits per heavy atom. The van der Waals surface area contributed by atoms with Crippen molar-refractivity contribution in [3.63, 3.8) is 0 Å². The van der Waals surface area contributed by atoms with Gasteiger partial charge >= 0.3 is 0 Å². The van der Waals surface area contributed by atoms with Crippen LogP contribution in [0.5, 0.6) is 0 Å². The molecule has 174 valence electrons. The Balaban J connectivity index is 2.62. The lowest BCUT2D eigenvalue weighted by Gasteiger charge is -2.38. The van der Waals surface area contributed by atoms with E-state index in [9.17, 15) is 9.90 Å². The zero-order valence-electron chi connectivity index (χ0n) is 22.2. The van der Waals surface area contributed by atoms with Crippen LogP contribution in [0.1, 0.15) is 95.9 Å². The smallest absolute Gasteiger partial charge is 0.163 e. The quantitative estimate of drug-likeness (QED) is 0.457. The van der Waals surface area contributed by atoms with Gasteiger partial charge in [-0.1, -0.05) is 101 Å². The highest BCUT2D eigenvalue weighted by Crippen LogP contribution is 2.47. The van der Waals surface area contributed by atoms with E-state index in [2.05, 4.69) is 101 Å². The molecule has 0 heterocycles. The summed E-state index contributed by atoms with van der Waals surface area (Å²) in [6.07, 6.45) is 8.24. The number of hydrogen-bond donors (Lipinski definition) is 1. The Morgan fingerprint density at radius 2 is 1.29 bits per heavy atom. The number of rotatable bonds is 1. The third-order valence-corrected chi connectivity index (χ3v) is 6.80. The van der Waals surface area contributed by atoms with Gasteiger partial charge in [0, 0.05) is 17.4 Å². The number of ketones is 1. The van der Waals surface area contributed by atoms with Crippen LogP contribution in [-0.2, 0) is 4.79 Å². The van der Waals surface area contributed by atoms with E-state index in [-0.39, 0.29) is 33.5 Å². The lowest BCUT2D eigenvalue weighted by atomic mass is 9.65. The van der Waals surface area contributed by atoms with E-state index in [1.54, 1.807) is 0 Å². The van der Waals surface area contributed by atoms with Crippen LogP contribution in [0.25, 0.3) is 0 Å². The van der Waals surface area contributed by atoms with Gasteiger partial charge in [0.2, 0.25) is 0 Å². The van der Waals surface area contributed by atoms with Crippen LogP contribution >= 0.6 is 0 Å². The highest BCUT2D eigenvalue weighted by Gasteiger charge is 2.40. The largest absolute Gasteiger partial charge is 0.512 e. The van der Waals surface area contributed by atoms with Crippen LogP contribution in [0.3, 0.4) is 0 Å². The van der Waals surface area contributed by atoms with Crippen molar-refractivity contribution in [1.82, 2.24) is 0 Å². The molecule has 0 aromatic rings. The molecular formula is C29H46O2. The van der Waals surface area contributed by atoms with E-state index in [4.69, 9.17) is 0 Å².